The van der Waals surface area contributed by atoms with E-state index >= 15 is 0 Å². The number of ether oxygens (including phenoxy) is 2. The molecule has 1 aliphatic rings. The fraction of sp³-hybridized carbons (Fsp3) is 0.483. The normalized spacial score (nSPS) is 23.5. The van der Waals surface area contributed by atoms with Crippen LogP contribution in [0.15, 0.2) is 54.6 Å². The molecule has 13 heteroatoms. The van der Waals surface area contributed by atoms with Gasteiger partial charge in [0.15, 0.2) is 0 Å². The number of nitrogens with two attached hydrogens (primary N) is 1. The van der Waals surface area contributed by atoms with Crippen LogP contribution in [0.25, 0.3) is 11.1 Å². The number of hydrogen-bond donors (Lipinski definition) is 7. The maximum Gasteiger partial charge on any atom is 0.364 e. The molecule has 2 amide bonds. The molecule has 42 heavy (non-hydrogen) atoms. The topological polar surface area (TPSA) is 201 Å². The summed E-state index contributed by atoms with van der Waals surface area (Å²) in [7, 11) is 0. The monoisotopic (exact) mass is 605 g/mol. The fourth-order valence-corrected chi connectivity index (χ4v) is 5.31. The Labute approximate surface area is 248 Å². The summed E-state index contributed by atoms with van der Waals surface area (Å²) >= 11 is 1.57. The lowest BCUT2D eigenvalue weighted by Gasteiger charge is -2.46. The Morgan fingerprint density at radius 3 is 2.38 bits per heavy atom. The first-order valence-corrected chi connectivity index (χ1v) is 14.8. The van der Waals surface area contributed by atoms with Gasteiger partial charge >= 0.3 is 5.97 Å². The summed E-state index contributed by atoms with van der Waals surface area (Å²) < 4.78 is 11.3. The van der Waals surface area contributed by atoms with Gasteiger partial charge in [-0.25, -0.2) is 4.79 Å². The van der Waals surface area contributed by atoms with E-state index in [2.05, 4.69) is 10.6 Å². The van der Waals surface area contributed by atoms with Crippen LogP contribution in [-0.4, -0.2) is 106 Å². The zero-order valence-electron chi connectivity index (χ0n) is 23.3. The van der Waals surface area contributed by atoms with Gasteiger partial charge in [0, 0.05) is 37.8 Å². The number of carbonyl (C=O) groups is 3. The molecule has 0 aromatic heterocycles. The zero-order chi connectivity index (χ0) is 30.7. The molecule has 1 unspecified atom stereocenters. The van der Waals surface area contributed by atoms with Crippen molar-refractivity contribution in [2.24, 2.45) is 5.73 Å². The summed E-state index contributed by atoms with van der Waals surface area (Å²) in [6, 6.07) is 15.2. The van der Waals surface area contributed by atoms with E-state index in [1.165, 1.54) is 6.92 Å². The Kier molecular flexibility index (Phi) is 12.7. The zero-order valence-corrected chi connectivity index (χ0v) is 24.2. The van der Waals surface area contributed by atoms with E-state index in [4.69, 9.17) is 15.2 Å². The molecule has 0 bridgehead atoms. The van der Waals surface area contributed by atoms with Gasteiger partial charge in [-0.1, -0.05) is 42.5 Å². The molecule has 12 nitrogen and oxygen atoms in total. The number of aliphatic hydroxyl groups excluding tert-OH is 3. The summed E-state index contributed by atoms with van der Waals surface area (Å²) in [5, 5.41) is 47.6. The Balaban J connectivity index is 1.67. The third kappa shape index (κ3) is 8.98. The van der Waals surface area contributed by atoms with Crippen molar-refractivity contribution >= 4 is 29.5 Å². The lowest BCUT2D eigenvalue weighted by Crippen LogP contribution is -2.68. The number of amides is 2. The lowest BCUT2D eigenvalue weighted by molar-refractivity contribution is -0.310. The van der Waals surface area contributed by atoms with Crippen molar-refractivity contribution in [2.45, 2.75) is 56.0 Å². The first-order valence-electron chi connectivity index (χ1n) is 13.7. The number of carboxylic acids is 1. The largest absolute Gasteiger partial charge is 0.477 e. The minimum atomic E-state index is -2.33. The van der Waals surface area contributed by atoms with Crippen LogP contribution in [-0.2, 0) is 19.1 Å². The van der Waals surface area contributed by atoms with E-state index in [-0.39, 0.29) is 6.61 Å². The second-order valence-corrected chi connectivity index (χ2v) is 11.2. The molecule has 3 rings (SSSR count). The Bertz CT molecular complexity index is 1170. The molecule has 1 aliphatic heterocycles. The van der Waals surface area contributed by atoms with Gasteiger partial charge in [0.05, 0.1) is 24.9 Å². The van der Waals surface area contributed by atoms with Crippen molar-refractivity contribution in [2.75, 3.05) is 31.2 Å². The van der Waals surface area contributed by atoms with E-state index in [9.17, 15) is 34.8 Å². The van der Waals surface area contributed by atoms with Gasteiger partial charge in [-0.15, -0.1) is 0 Å². The number of carboxylic acid groups (broad SMARTS) is 1. The van der Waals surface area contributed by atoms with Crippen molar-refractivity contribution in [3.05, 3.63) is 60.2 Å². The molecule has 0 saturated carbocycles. The standard InChI is InChI=1S/C29H39N3O9S/c1-18(33)32-24-22(34)16-29(28(38)39,40-13-5-14-42-15-12-30)41-26(24)25(36)23(35)17-31-27(37)21-10-8-20(9-11-21)19-6-3-2-4-7-19/h2-4,6-11,22-26,34-36H,5,12-17,30H2,1H3,(H,31,37)(H,32,33)(H,38,39)/t22?,23-,24-,25-,26-,29-/m1/s1. The highest BCUT2D eigenvalue weighted by atomic mass is 32.2. The van der Waals surface area contributed by atoms with Gasteiger partial charge in [-0.3, -0.25) is 9.59 Å². The molecule has 1 heterocycles. The Hall–Kier alpha value is -3.04. The van der Waals surface area contributed by atoms with Gasteiger partial charge in [-0.2, -0.15) is 11.8 Å². The molecule has 1 fully saturated rings. The minimum Gasteiger partial charge on any atom is -0.477 e. The molecular weight excluding hydrogens is 566 g/mol. The number of benzene rings is 2. The van der Waals surface area contributed by atoms with Gasteiger partial charge in [-0.05, 0) is 35.4 Å². The number of hydrogen-bond acceptors (Lipinski definition) is 10. The Morgan fingerprint density at radius 1 is 1.10 bits per heavy atom. The number of rotatable bonds is 15. The van der Waals surface area contributed by atoms with Crippen LogP contribution in [0.5, 0.6) is 0 Å². The summed E-state index contributed by atoms with van der Waals surface area (Å²) in [6.07, 6.45) is -6.60. The molecule has 0 spiro atoms. The van der Waals surface area contributed by atoms with Crippen LogP contribution >= 0.6 is 11.8 Å². The van der Waals surface area contributed by atoms with Gasteiger partial charge in [0.25, 0.3) is 11.7 Å². The van der Waals surface area contributed by atoms with Crippen molar-refractivity contribution < 1.29 is 44.3 Å². The second kappa shape index (κ2) is 16.0. The summed E-state index contributed by atoms with van der Waals surface area (Å²) in [4.78, 5) is 36.8. The smallest absolute Gasteiger partial charge is 0.364 e. The molecular formula is C29H39N3O9S. The maximum absolute atomic E-state index is 12.7. The predicted molar refractivity (Wildman–Crippen MR) is 157 cm³/mol. The molecule has 2 aromatic rings. The molecule has 1 saturated heterocycles. The third-order valence-electron chi connectivity index (χ3n) is 6.76. The van der Waals surface area contributed by atoms with E-state index in [1.54, 1.807) is 36.0 Å². The number of aliphatic hydroxyl groups is 3. The van der Waals surface area contributed by atoms with Crippen LogP contribution in [0.4, 0.5) is 0 Å². The quantitative estimate of drug-likeness (QED) is 0.138. The molecule has 2 aromatic carbocycles. The molecule has 230 valence electrons. The number of carbonyl (C=O) groups excluding carboxylic acids is 2. The minimum absolute atomic E-state index is 0.0219. The highest BCUT2D eigenvalue weighted by molar-refractivity contribution is 7.99. The van der Waals surface area contributed by atoms with Crippen molar-refractivity contribution in [1.29, 1.82) is 0 Å². The van der Waals surface area contributed by atoms with Crippen LogP contribution in [0.3, 0.4) is 0 Å². The van der Waals surface area contributed by atoms with E-state index in [0.29, 0.717) is 24.3 Å². The maximum atomic E-state index is 12.7. The van der Waals surface area contributed by atoms with Crippen LogP contribution < -0.4 is 16.4 Å². The molecule has 8 N–H and O–H groups in total. The second-order valence-electron chi connectivity index (χ2n) is 9.95. The first kappa shape index (κ1) is 33.5. The number of aliphatic carboxylic acids is 1. The number of thioether (sulfide) groups is 1. The third-order valence-corrected chi connectivity index (χ3v) is 7.86. The Morgan fingerprint density at radius 2 is 1.76 bits per heavy atom. The highest BCUT2D eigenvalue weighted by Gasteiger charge is 2.55. The van der Waals surface area contributed by atoms with Crippen molar-refractivity contribution in [3.63, 3.8) is 0 Å². The average Bonchev–Trinajstić information content (AvgIpc) is 2.98. The van der Waals surface area contributed by atoms with Gasteiger partial charge in [0.2, 0.25) is 5.91 Å². The molecule has 0 radical (unpaired) electrons. The molecule has 6 atom stereocenters. The SMILES string of the molecule is CC(=O)N[C@@H]1C(O)C[C@](OCCCSCCN)(C(=O)O)O[C@H]1[C@H](O)[C@H](O)CNC(=O)c1ccc(-c2ccccc2)cc1. The molecule has 0 aliphatic carbocycles. The first-order chi connectivity index (χ1) is 20.1. The van der Waals surface area contributed by atoms with E-state index in [1.807, 2.05) is 30.3 Å². The highest BCUT2D eigenvalue weighted by Crippen LogP contribution is 2.34. The lowest BCUT2D eigenvalue weighted by atomic mass is 9.88. The van der Waals surface area contributed by atoms with Crippen molar-refractivity contribution in [3.8, 4) is 11.1 Å². The van der Waals surface area contributed by atoms with Gasteiger partial charge in [0.1, 0.15) is 12.2 Å². The van der Waals surface area contributed by atoms with E-state index < -0.39 is 67.0 Å². The van der Waals surface area contributed by atoms with Crippen LogP contribution in [0, 0.1) is 0 Å². The van der Waals surface area contributed by atoms with Crippen LogP contribution in [0.1, 0.15) is 30.1 Å². The van der Waals surface area contributed by atoms with Crippen LogP contribution in [0.2, 0.25) is 0 Å². The predicted octanol–water partition coefficient (Wildman–Crippen LogP) is 0.339. The average molecular weight is 606 g/mol. The summed E-state index contributed by atoms with van der Waals surface area (Å²) in [6.45, 7) is 1.24. The van der Waals surface area contributed by atoms with Gasteiger partial charge < -0.3 is 46.3 Å². The van der Waals surface area contributed by atoms with Crippen molar-refractivity contribution in [1.82, 2.24) is 10.6 Å². The number of nitrogens with one attached hydrogen (secondary N) is 2. The summed E-state index contributed by atoms with van der Waals surface area (Å²) in [5.74, 6) is -3.55. The fourth-order valence-electron chi connectivity index (χ4n) is 4.62. The van der Waals surface area contributed by atoms with E-state index in [0.717, 1.165) is 16.9 Å². The summed E-state index contributed by atoms with van der Waals surface area (Å²) in [5.41, 5.74) is 7.69.